The lowest BCUT2D eigenvalue weighted by Crippen LogP contribution is -2.33. The van der Waals surface area contributed by atoms with Gasteiger partial charge in [0.05, 0.1) is 17.3 Å². The van der Waals surface area contributed by atoms with E-state index in [0.717, 1.165) is 54.0 Å². The highest BCUT2D eigenvalue weighted by Crippen LogP contribution is 2.53. The number of halogens is 1. The highest BCUT2D eigenvalue weighted by atomic mass is 19.1. The van der Waals surface area contributed by atoms with Crippen LogP contribution in [-0.4, -0.2) is 27.7 Å². The van der Waals surface area contributed by atoms with Gasteiger partial charge in [0, 0.05) is 25.0 Å². The zero-order valence-electron chi connectivity index (χ0n) is 16.2. The Morgan fingerprint density at radius 1 is 1.29 bits per heavy atom. The monoisotopic (exact) mass is 377 g/mol. The van der Waals surface area contributed by atoms with Gasteiger partial charge in [0.2, 0.25) is 0 Å². The number of aryl methyl sites for hydroxylation is 1. The number of nitrogens with one attached hydrogen (secondary N) is 1. The first kappa shape index (κ1) is 17.2. The number of fused-ring (bicyclic) bond motifs is 3. The van der Waals surface area contributed by atoms with Crippen LogP contribution in [0, 0.1) is 5.82 Å². The van der Waals surface area contributed by atoms with Crippen molar-refractivity contribution in [3.8, 4) is 0 Å². The van der Waals surface area contributed by atoms with Crippen LogP contribution in [0.4, 0.5) is 10.2 Å². The van der Waals surface area contributed by atoms with Gasteiger partial charge in [-0.05, 0) is 61.9 Å². The van der Waals surface area contributed by atoms with Crippen LogP contribution in [0.25, 0.3) is 11.3 Å². The Labute approximate surface area is 163 Å². The number of hydrogen-bond donors (Lipinski definition) is 1. The first-order valence-corrected chi connectivity index (χ1v) is 9.81. The lowest BCUT2D eigenvalue weighted by atomic mass is 9.93. The summed E-state index contributed by atoms with van der Waals surface area (Å²) in [6, 6.07) is 7.45. The maximum atomic E-state index is 14.2. The molecule has 0 saturated heterocycles. The molecule has 2 aromatic heterocycles. The van der Waals surface area contributed by atoms with Gasteiger partial charge >= 0.3 is 0 Å². The molecule has 1 N–H and O–H groups in total. The Bertz CT molecular complexity index is 1080. The normalized spacial score (nSPS) is 21.0. The second-order valence-electron chi connectivity index (χ2n) is 8.07. The quantitative estimate of drug-likeness (QED) is 0.646. The standard InChI is InChI=1S/C22H24FN5/c1-14-4-5-16-6-7-17(23)12-19(16)22(9-10-22)27(3)20-8-11-28-21(26-20)18(13-24-28)15(2)25-14/h6-8,11-14,25H,2,4-5,9-10H2,1,3H3/t14-/m1/s1. The maximum absolute atomic E-state index is 14.2. The molecule has 1 aliphatic carbocycles. The van der Waals surface area contributed by atoms with Gasteiger partial charge in [0.25, 0.3) is 0 Å². The second kappa shape index (κ2) is 6.06. The highest BCUT2D eigenvalue weighted by Gasteiger charge is 2.50. The Morgan fingerprint density at radius 2 is 2.11 bits per heavy atom. The zero-order valence-corrected chi connectivity index (χ0v) is 16.2. The van der Waals surface area contributed by atoms with E-state index >= 15 is 0 Å². The molecule has 6 heteroatoms. The van der Waals surface area contributed by atoms with Crippen LogP contribution in [0.3, 0.4) is 0 Å². The molecule has 5 nitrogen and oxygen atoms in total. The maximum Gasteiger partial charge on any atom is 0.166 e. The largest absolute Gasteiger partial charge is 0.382 e. The van der Waals surface area contributed by atoms with Crippen molar-refractivity contribution >= 4 is 17.2 Å². The van der Waals surface area contributed by atoms with E-state index < -0.39 is 0 Å². The molecule has 1 atom stereocenters. The fourth-order valence-corrected chi connectivity index (χ4v) is 4.40. The van der Waals surface area contributed by atoms with Crippen molar-refractivity contribution in [3.05, 3.63) is 65.7 Å². The number of aromatic nitrogens is 3. The van der Waals surface area contributed by atoms with Crippen molar-refractivity contribution < 1.29 is 4.39 Å². The van der Waals surface area contributed by atoms with E-state index in [9.17, 15) is 4.39 Å². The summed E-state index contributed by atoms with van der Waals surface area (Å²) in [7, 11) is 2.06. The molecule has 1 spiro atoms. The van der Waals surface area contributed by atoms with Gasteiger partial charge in [0.1, 0.15) is 11.6 Å². The zero-order chi connectivity index (χ0) is 19.5. The van der Waals surface area contributed by atoms with Crippen LogP contribution in [0.1, 0.15) is 42.9 Å². The van der Waals surface area contributed by atoms with Crippen LogP contribution in [0.15, 0.2) is 43.2 Å². The minimum atomic E-state index is -0.190. The molecule has 2 bridgehead atoms. The van der Waals surface area contributed by atoms with E-state index in [-0.39, 0.29) is 17.4 Å². The fourth-order valence-electron chi connectivity index (χ4n) is 4.40. The lowest BCUT2D eigenvalue weighted by Gasteiger charge is -2.31. The molecule has 1 saturated carbocycles. The van der Waals surface area contributed by atoms with Gasteiger partial charge in [-0.2, -0.15) is 5.10 Å². The van der Waals surface area contributed by atoms with E-state index in [1.807, 2.05) is 24.5 Å². The smallest absolute Gasteiger partial charge is 0.166 e. The fraction of sp³-hybridized carbons (Fsp3) is 0.364. The molecule has 0 unspecified atom stereocenters. The lowest BCUT2D eigenvalue weighted by molar-refractivity contribution is 0.580. The van der Waals surface area contributed by atoms with Crippen molar-refractivity contribution in [2.45, 2.75) is 44.2 Å². The predicted octanol–water partition coefficient (Wildman–Crippen LogP) is 3.89. The third kappa shape index (κ3) is 2.58. The van der Waals surface area contributed by atoms with E-state index in [0.29, 0.717) is 0 Å². The van der Waals surface area contributed by atoms with Crippen molar-refractivity contribution in [1.82, 2.24) is 19.9 Å². The van der Waals surface area contributed by atoms with Crippen molar-refractivity contribution in [2.75, 3.05) is 11.9 Å². The van der Waals surface area contributed by atoms with Gasteiger partial charge in [-0.3, -0.25) is 0 Å². The molecular formula is C22H24FN5. The molecule has 1 aliphatic heterocycles. The summed E-state index contributed by atoms with van der Waals surface area (Å²) in [6.45, 7) is 6.37. The summed E-state index contributed by atoms with van der Waals surface area (Å²) in [5.74, 6) is 0.686. The molecule has 1 aromatic carbocycles. The van der Waals surface area contributed by atoms with Crippen LogP contribution in [0.2, 0.25) is 0 Å². The molecule has 144 valence electrons. The van der Waals surface area contributed by atoms with Gasteiger partial charge in [-0.15, -0.1) is 0 Å². The van der Waals surface area contributed by atoms with Crippen molar-refractivity contribution in [3.63, 3.8) is 0 Å². The number of benzene rings is 1. The Balaban J connectivity index is 1.70. The number of anilines is 1. The first-order chi connectivity index (χ1) is 13.5. The summed E-state index contributed by atoms with van der Waals surface area (Å²) < 4.78 is 16.0. The molecule has 3 heterocycles. The SMILES string of the molecule is C=C1N[C@H](C)CCc2ccc(F)cc2C2(CC2)N(C)c2ccn3ncc1c3n2. The van der Waals surface area contributed by atoms with E-state index in [2.05, 4.69) is 35.9 Å². The van der Waals surface area contributed by atoms with Crippen LogP contribution >= 0.6 is 0 Å². The van der Waals surface area contributed by atoms with Crippen LogP contribution < -0.4 is 10.2 Å². The molecule has 5 rings (SSSR count). The Hall–Kier alpha value is -2.89. The summed E-state index contributed by atoms with van der Waals surface area (Å²) >= 11 is 0. The minimum absolute atomic E-state index is 0.177. The third-order valence-electron chi connectivity index (χ3n) is 6.23. The Morgan fingerprint density at radius 3 is 2.89 bits per heavy atom. The van der Waals surface area contributed by atoms with E-state index in [1.165, 1.54) is 5.56 Å². The summed E-state index contributed by atoms with van der Waals surface area (Å²) in [6.07, 6.45) is 7.56. The topological polar surface area (TPSA) is 45.5 Å². The number of hydrogen-bond acceptors (Lipinski definition) is 4. The number of nitrogens with zero attached hydrogens (tertiary/aromatic N) is 4. The van der Waals surface area contributed by atoms with Gasteiger partial charge in [0.15, 0.2) is 5.65 Å². The van der Waals surface area contributed by atoms with E-state index in [4.69, 9.17) is 4.98 Å². The molecule has 1 fully saturated rings. The van der Waals surface area contributed by atoms with Crippen LogP contribution in [-0.2, 0) is 12.0 Å². The molecule has 0 amide bonds. The molecule has 28 heavy (non-hydrogen) atoms. The van der Waals surface area contributed by atoms with Gasteiger partial charge in [-0.1, -0.05) is 12.6 Å². The minimum Gasteiger partial charge on any atom is -0.382 e. The van der Waals surface area contributed by atoms with Crippen molar-refractivity contribution in [2.24, 2.45) is 0 Å². The average molecular weight is 377 g/mol. The molecule has 0 radical (unpaired) electrons. The van der Waals surface area contributed by atoms with Crippen molar-refractivity contribution in [1.29, 1.82) is 0 Å². The summed E-state index contributed by atoms with van der Waals surface area (Å²) in [4.78, 5) is 7.11. The molecule has 3 aromatic rings. The van der Waals surface area contributed by atoms with Crippen LogP contribution in [0.5, 0.6) is 0 Å². The first-order valence-electron chi connectivity index (χ1n) is 9.81. The second-order valence-corrected chi connectivity index (χ2v) is 8.07. The van der Waals surface area contributed by atoms with E-state index in [1.54, 1.807) is 16.6 Å². The highest BCUT2D eigenvalue weighted by molar-refractivity contribution is 5.74. The predicted molar refractivity (Wildman–Crippen MR) is 109 cm³/mol. The molecule has 2 aliphatic rings. The summed E-state index contributed by atoms with van der Waals surface area (Å²) in [5, 5.41) is 7.91. The van der Waals surface area contributed by atoms with Gasteiger partial charge in [-0.25, -0.2) is 13.9 Å². The summed E-state index contributed by atoms with van der Waals surface area (Å²) in [5.41, 5.74) is 4.64. The number of rotatable bonds is 0. The Kier molecular flexibility index (Phi) is 3.73. The molecular weight excluding hydrogens is 353 g/mol. The average Bonchev–Trinajstić information content (AvgIpc) is 3.38. The third-order valence-corrected chi connectivity index (χ3v) is 6.23. The van der Waals surface area contributed by atoms with Gasteiger partial charge < -0.3 is 10.2 Å².